The molecule has 1 aliphatic rings. The van der Waals surface area contributed by atoms with Gasteiger partial charge in [0.25, 0.3) is 11.8 Å². The highest BCUT2D eigenvalue weighted by Crippen LogP contribution is 2.29. The van der Waals surface area contributed by atoms with Crippen LogP contribution in [-0.4, -0.2) is 36.9 Å². The maximum Gasteiger partial charge on any atom is 0.350 e. The van der Waals surface area contributed by atoms with E-state index >= 15 is 0 Å². The van der Waals surface area contributed by atoms with Crippen LogP contribution < -0.4 is 10.5 Å². The lowest BCUT2D eigenvalue weighted by molar-refractivity contribution is 0.0693. The maximum atomic E-state index is 12.2. The Morgan fingerprint density at radius 3 is 2.32 bits per heavy atom. The molecule has 0 radical (unpaired) electrons. The molecule has 0 saturated carbocycles. The van der Waals surface area contributed by atoms with Gasteiger partial charge in [-0.3, -0.25) is 14.5 Å². The summed E-state index contributed by atoms with van der Waals surface area (Å²) in [6, 6.07) is 5.33. The minimum absolute atomic E-state index is 0.143. The van der Waals surface area contributed by atoms with E-state index in [1.165, 1.54) is 7.05 Å². The summed E-state index contributed by atoms with van der Waals surface area (Å²) in [5.41, 5.74) is 0.442. The first-order valence-corrected chi connectivity index (χ1v) is 7.17. The number of carbonyl (C=O) groups excluding carboxylic acids is 2. The summed E-state index contributed by atoms with van der Waals surface area (Å²) in [7, 11) is 1.36. The smallest absolute Gasteiger partial charge is 0.350 e. The van der Waals surface area contributed by atoms with Gasteiger partial charge >= 0.3 is 5.63 Å². The molecule has 1 aromatic heterocycles. The minimum Gasteiger partial charge on any atom is -0.422 e. The fraction of sp³-hybridized carbons (Fsp3) is 0.312. The van der Waals surface area contributed by atoms with Gasteiger partial charge in [0.2, 0.25) is 0 Å². The lowest BCUT2D eigenvalue weighted by Crippen LogP contribution is -2.25. The first kappa shape index (κ1) is 14.3. The standard InChI is InChI=1S/C16H16N2O4/c1-4-18(5-2)9-6-7-10-11(8-9)22-16(21)13-12(10)14(19)17(3)15(13)20/h6-8H,4-5H2,1-3H3. The number of imide groups is 1. The zero-order valence-corrected chi connectivity index (χ0v) is 12.7. The second-order valence-electron chi connectivity index (χ2n) is 5.16. The van der Waals surface area contributed by atoms with Crippen molar-refractivity contribution in [3.05, 3.63) is 39.7 Å². The van der Waals surface area contributed by atoms with Crippen LogP contribution in [0.25, 0.3) is 11.0 Å². The molecule has 0 spiro atoms. The Labute approximate surface area is 126 Å². The molecule has 3 rings (SSSR count). The van der Waals surface area contributed by atoms with E-state index in [4.69, 9.17) is 4.42 Å². The summed E-state index contributed by atoms with van der Waals surface area (Å²) in [6.07, 6.45) is 0. The normalized spacial score (nSPS) is 13.9. The molecular weight excluding hydrogens is 284 g/mol. The van der Waals surface area contributed by atoms with Crippen LogP contribution in [0.1, 0.15) is 34.6 Å². The van der Waals surface area contributed by atoms with E-state index in [0.717, 1.165) is 23.7 Å². The van der Waals surface area contributed by atoms with Crippen LogP contribution in [0.5, 0.6) is 0 Å². The molecule has 2 heterocycles. The highest BCUT2D eigenvalue weighted by Gasteiger charge is 2.38. The number of fused-ring (bicyclic) bond motifs is 3. The van der Waals surface area contributed by atoms with Crippen molar-refractivity contribution in [3.63, 3.8) is 0 Å². The predicted octanol–water partition coefficient (Wildman–Crippen LogP) is 1.86. The molecule has 114 valence electrons. The highest BCUT2D eigenvalue weighted by atomic mass is 16.4. The number of rotatable bonds is 3. The van der Waals surface area contributed by atoms with E-state index in [1.54, 1.807) is 12.1 Å². The fourth-order valence-electron chi connectivity index (χ4n) is 2.82. The molecule has 0 unspecified atom stereocenters. The van der Waals surface area contributed by atoms with E-state index in [9.17, 15) is 14.4 Å². The first-order chi connectivity index (χ1) is 10.5. The van der Waals surface area contributed by atoms with E-state index in [2.05, 4.69) is 4.90 Å². The third-order valence-corrected chi connectivity index (χ3v) is 4.06. The van der Waals surface area contributed by atoms with Crippen LogP contribution in [0.3, 0.4) is 0 Å². The van der Waals surface area contributed by atoms with Crippen LogP contribution >= 0.6 is 0 Å². The Morgan fingerprint density at radius 1 is 1.05 bits per heavy atom. The molecule has 2 aromatic rings. The van der Waals surface area contributed by atoms with Crippen molar-refractivity contribution < 1.29 is 14.0 Å². The summed E-state index contributed by atoms with van der Waals surface area (Å²) < 4.78 is 5.27. The van der Waals surface area contributed by atoms with E-state index in [-0.39, 0.29) is 11.1 Å². The van der Waals surface area contributed by atoms with E-state index in [1.807, 2.05) is 19.9 Å². The molecule has 1 aliphatic heterocycles. The zero-order chi connectivity index (χ0) is 16.0. The average molecular weight is 300 g/mol. The van der Waals surface area contributed by atoms with Crippen molar-refractivity contribution in [2.45, 2.75) is 13.8 Å². The second-order valence-corrected chi connectivity index (χ2v) is 5.16. The molecule has 1 aromatic carbocycles. The van der Waals surface area contributed by atoms with E-state index < -0.39 is 17.4 Å². The number of hydrogen-bond acceptors (Lipinski definition) is 5. The number of amides is 2. The van der Waals surface area contributed by atoms with Gasteiger partial charge < -0.3 is 9.32 Å². The molecule has 0 saturated heterocycles. The molecule has 6 heteroatoms. The number of anilines is 1. The molecule has 6 nitrogen and oxygen atoms in total. The van der Waals surface area contributed by atoms with Gasteiger partial charge in [0.15, 0.2) is 0 Å². The Morgan fingerprint density at radius 2 is 1.68 bits per heavy atom. The summed E-state index contributed by atoms with van der Waals surface area (Å²) >= 11 is 0. The van der Waals surface area contributed by atoms with Crippen molar-refractivity contribution in [2.24, 2.45) is 0 Å². The molecule has 0 atom stereocenters. The molecule has 2 amide bonds. The number of carbonyl (C=O) groups is 2. The molecule has 22 heavy (non-hydrogen) atoms. The Kier molecular flexibility index (Phi) is 3.24. The van der Waals surface area contributed by atoms with Gasteiger partial charge in [-0.1, -0.05) is 0 Å². The monoisotopic (exact) mass is 300 g/mol. The molecular formula is C16H16N2O4. The minimum atomic E-state index is -0.762. The Bertz CT molecular complexity index is 849. The maximum absolute atomic E-state index is 12.2. The third kappa shape index (κ3) is 1.83. The number of hydrogen-bond donors (Lipinski definition) is 0. The first-order valence-electron chi connectivity index (χ1n) is 7.17. The lowest BCUT2D eigenvalue weighted by Gasteiger charge is -2.21. The number of benzene rings is 1. The summed E-state index contributed by atoms with van der Waals surface area (Å²) in [5.74, 6) is -1.07. The molecule has 0 bridgehead atoms. The van der Waals surface area contributed by atoms with Gasteiger partial charge in [-0.2, -0.15) is 0 Å². The predicted molar refractivity (Wildman–Crippen MR) is 82.5 cm³/mol. The topological polar surface area (TPSA) is 70.8 Å². The van der Waals surface area contributed by atoms with Crippen LogP contribution in [0, 0.1) is 0 Å². The quantitative estimate of drug-likeness (QED) is 0.639. The van der Waals surface area contributed by atoms with Gasteiger partial charge in [0.1, 0.15) is 11.1 Å². The summed E-state index contributed by atoms with van der Waals surface area (Å²) in [6.45, 7) is 5.70. The van der Waals surface area contributed by atoms with E-state index in [0.29, 0.717) is 11.0 Å². The van der Waals surface area contributed by atoms with Gasteiger partial charge in [-0.15, -0.1) is 0 Å². The van der Waals surface area contributed by atoms with Crippen molar-refractivity contribution in [3.8, 4) is 0 Å². The molecule has 0 aliphatic carbocycles. The largest absolute Gasteiger partial charge is 0.422 e. The third-order valence-electron chi connectivity index (χ3n) is 4.06. The zero-order valence-electron chi connectivity index (χ0n) is 12.7. The second kappa shape index (κ2) is 4.98. The van der Waals surface area contributed by atoms with Gasteiger partial charge in [-0.25, -0.2) is 4.79 Å². The lowest BCUT2D eigenvalue weighted by atomic mass is 10.1. The van der Waals surface area contributed by atoms with Crippen molar-refractivity contribution in [2.75, 3.05) is 25.0 Å². The van der Waals surface area contributed by atoms with Crippen LogP contribution in [-0.2, 0) is 0 Å². The van der Waals surface area contributed by atoms with Crippen molar-refractivity contribution in [1.29, 1.82) is 0 Å². The van der Waals surface area contributed by atoms with Crippen LogP contribution in [0.2, 0.25) is 0 Å². The average Bonchev–Trinajstić information content (AvgIpc) is 2.74. The molecule has 0 N–H and O–H groups in total. The van der Waals surface area contributed by atoms with Crippen molar-refractivity contribution in [1.82, 2.24) is 4.90 Å². The fourth-order valence-corrected chi connectivity index (χ4v) is 2.82. The number of nitrogens with zero attached hydrogens (tertiary/aromatic N) is 2. The SMILES string of the molecule is CCN(CC)c1ccc2c3c(c(=O)oc2c1)C(=O)N(C)C3=O. The van der Waals surface area contributed by atoms with Gasteiger partial charge in [0, 0.05) is 37.3 Å². The van der Waals surface area contributed by atoms with Gasteiger partial charge in [-0.05, 0) is 26.0 Å². The summed E-state index contributed by atoms with van der Waals surface area (Å²) in [5, 5.41) is 0.494. The Hall–Kier alpha value is -2.63. The van der Waals surface area contributed by atoms with Gasteiger partial charge in [0.05, 0.1) is 5.56 Å². The molecule has 0 fully saturated rings. The van der Waals surface area contributed by atoms with Crippen molar-refractivity contribution >= 4 is 28.5 Å². The Balaban J connectivity index is 2.30. The highest BCUT2D eigenvalue weighted by molar-refractivity contribution is 6.25. The van der Waals surface area contributed by atoms with Crippen LogP contribution in [0.4, 0.5) is 5.69 Å². The summed E-state index contributed by atoms with van der Waals surface area (Å²) in [4.78, 5) is 39.3. The van der Waals surface area contributed by atoms with Crippen LogP contribution in [0.15, 0.2) is 27.4 Å².